The number of nitrogens with one attached hydrogen (secondary N) is 3. The number of anilines is 3. The van der Waals surface area contributed by atoms with Gasteiger partial charge in [0.1, 0.15) is 0 Å². The summed E-state index contributed by atoms with van der Waals surface area (Å²) in [7, 11) is 2.22. The lowest BCUT2D eigenvalue weighted by atomic mass is 9.89. The minimum Gasteiger partial charge on any atom is -0.385 e. The van der Waals surface area contributed by atoms with Crippen LogP contribution in [0.5, 0.6) is 0 Å². The molecule has 0 aliphatic carbocycles. The molecule has 0 unspecified atom stereocenters. The summed E-state index contributed by atoms with van der Waals surface area (Å²) in [6.45, 7) is 3.47. The smallest absolute Gasteiger partial charge is 0.0477 e. The number of fused-ring (bicyclic) bond motifs is 2. The second-order valence-electron chi connectivity index (χ2n) is 8.11. The molecule has 0 bridgehead atoms. The van der Waals surface area contributed by atoms with E-state index in [0.717, 1.165) is 17.9 Å². The van der Waals surface area contributed by atoms with Gasteiger partial charge in [-0.2, -0.15) is 0 Å². The quantitative estimate of drug-likeness (QED) is 0.610. The van der Waals surface area contributed by atoms with E-state index in [4.69, 9.17) is 0 Å². The van der Waals surface area contributed by atoms with Crippen molar-refractivity contribution < 1.29 is 0 Å². The molecule has 1 aromatic heterocycles. The minimum absolute atomic E-state index is 0.681. The summed E-state index contributed by atoms with van der Waals surface area (Å²) in [4.78, 5) is 5.94. The Labute approximate surface area is 161 Å². The van der Waals surface area contributed by atoms with Gasteiger partial charge in [0.05, 0.1) is 0 Å². The normalized spacial score (nSPS) is 18.3. The van der Waals surface area contributed by atoms with Gasteiger partial charge in [-0.3, -0.25) is 0 Å². The van der Waals surface area contributed by atoms with Crippen LogP contribution in [0, 0.1) is 0 Å². The van der Waals surface area contributed by atoms with Crippen molar-refractivity contribution in [2.24, 2.45) is 0 Å². The molecule has 4 nitrogen and oxygen atoms in total. The lowest BCUT2D eigenvalue weighted by molar-refractivity contribution is 0.256. The van der Waals surface area contributed by atoms with Crippen LogP contribution in [-0.4, -0.2) is 36.6 Å². The van der Waals surface area contributed by atoms with Gasteiger partial charge in [-0.1, -0.05) is 12.1 Å². The van der Waals surface area contributed by atoms with E-state index in [1.165, 1.54) is 66.5 Å². The van der Waals surface area contributed by atoms with Gasteiger partial charge in [0, 0.05) is 40.7 Å². The molecule has 2 aliphatic heterocycles. The molecule has 0 spiro atoms. The number of aryl methyl sites for hydroxylation is 1. The van der Waals surface area contributed by atoms with E-state index in [-0.39, 0.29) is 0 Å². The summed E-state index contributed by atoms with van der Waals surface area (Å²) >= 11 is 0. The van der Waals surface area contributed by atoms with E-state index >= 15 is 0 Å². The fourth-order valence-electron chi connectivity index (χ4n) is 4.59. The van der Waals surface area contributed by atoms with Crippen molar-refractivity contribution in [3.63, 3.8) is 0 Å². The first kappa shape index (κ1) is 16.7. The first-order valence-corrected chi connectivity index (χ1v) is 10.2. The number of likely N-dealkylation sites (tertiary alicyclic amines) is 1. The molecule has 0 radical (unpaired) electrons. The summed E-state index contributed by atoms with van der Waals surface area (Å²) in [6, 6.07) is 13.4. The fourth-order valence-corrected chi connectivity index (χ4v) is 4.59. The zero-order valence-corrected chi connectivity index (χ0v) is 16.0. The van der Waals surface area contributed by atoms with Crippen molar-refractivity contribution in [3.05, 3.63) is 53.7 Å². The first-order valence-electron chi connectivity index (χ1n) is 10.2. The highest BCUT2D eigenvalue weighted by atomic mass is 15.1. The molecular weight excluding hydrogens is 332 g/mol. The maximum atomic E-state index is 3.57. The average Bonchev–Trinajstić information content (AvgIpc) is 3.12. The summed E-state index contributed by atoms with van der Waals surface area (Å²) in [5.74, 6) is 0.681. The highest BCUT2D eigenvalue weighted by Crippen LogP contribution is 2.34. The minimum atomic E-state index is 0.681. The van der Waals surface area contributed by atoms with E-state index in [9.17, 15) is 0 Å². The van der Waals surface area contributed by atoms with Crippen LogP contribution in [0.15, 0.2) is 42.6 Å². The predicted molar refractivity (Wildman–Crippen MR) is 114 cm³/mol. The van der Waals surface area contributed by atoms with Gasteiger partial charge in [-0.25, -0.2) is 0 Å². The van der Waals surface area contributed by atoms with Crippen LogP contribution >= 0.6 is 0 Å². The number of rotatable bonds is 3. The molecule has 4 heteroatoms. The Kier molecular flexibility index (Phi) is 4.29. The number of benzene rings is 2. The second kappa shape index (κ2) is 6.93. The van der Waals surface area contributed by atoms with Crippen LogP contribution in [0.1, 0.15) is 36.3 Å². The molecule has 2 aromatic carbocycles. The topological polar surface area (TPSA) is 43.1 Å². The molecule has 140 valence electrons. The molecule has 0 amide bonds. The Hall–Kier alpha value is -2.46. The number of nitrogens with zero attached hydrogens (tertiary/aromatic N) is 1. The zero-order chi connectivity index (χ0) is 18.2. The number of hydrogen-bond acceptors (Lipinski definition) is 3. The predicted octanol–water partition coefficient (Wildman–Crippen LogP) is 5.08. The highest BCUT2D eigenvalue weighted by Gasteiger charge is 2.21. The third kappa shape index (κ3) is 3.30. The number of aromatic nitrogens is 1. The summed E-state index contributed by atoms with van der Waals surface area (Å²) in [6.07, 6.45) is 7.14. The van der Waals surface area contributed by atoms with Crippen molar-refractivity contribution in [1.29, 1.82) is 0 Å². The molecule has 27 heavy (non-hydrogen) atoms. The Balaban J connectivity index is 1.37. The maximum Gasteiger partial charge on any atom is 0.0477 e. The Bertz CT molecular complexity index is 950. The number of H-pyrrole nitrogens is 1. The van der Waals surface area contributed by atoms with Crippen molar-refractivity contribution in [1.82, 2.24) is 9.88 Å². The Morgan fingerprint density at radius 2 is 1.85 bits per heavy atom. The first-order chi connectivity index (χ1) is 13.3. The number of hydrogen-bond donors (Lipinski definition) is 3. The SMILES string of the molecule is CN1CCC(c2c[nH]c3cc(Nc4ccc5c(c4)NCCC5)ccc23)CC1. The Morgan fingerprint density at radius 1 is 1.04 bits per heavy atom. The third-order valence-electron chi connectivity index (χ3n) is 6.21. The zero-order valence-electron chi connectivity index (χ0n) is 16.0. The largest absolute Gasteiger partial charge is 0.385 e. The van der Waals surface area contributed by atoms with E-state index in [1.807, 2.05) is 0 Å². The molecular formula is C23H28N4. The molecule has 3 aromatic rings. The van der Waals surface area contributed by atoms with Gasteiger partial charge in [-0.05, 0) is 87.1 Å². The summed E-state index contributed by atoms with van der Waals surface area (Å²) < 4.78 is 0. The van der Waals surface area contributed by atoms with Gasteiger partial charge in [-0.15, -0.1) is 0 Å². The van der Waals surface area contributed by atoms with Gasteiger partial charge in [0.2, 0.25) is 0 Å². The van der Waals surface area contributed by atoms with Crippen LogP contribution in [0.3, 0.4) is 0 Å². The molecule has 3 N–H and O–H groups in total. The second-order valence-corrected chi connectivity index (χ2v) is 8.11. The van der Waals surface area contributed by atoms with Crippen molar-refractivity contribution in [3.8, 4) is 0 Å². The van der Waals surface area contributed by atoms with Gasteiger partial charge in [0.15, 0.2) is 0 Å². The lowest BCUT2D eigenvalue weighted by Crippen LogP contribution is -2.29. The molecule has 0 atom stereocenters. The molecule has 5 rings (SSSR count). The van der Waals surface area contributed by atoms with Gasteiger partial charge >= 0.3 is 0 Å². The summed E-state index contributed by atoms with van der Waals surface area (Å²) in [5.41, 5.74) is 7.69. The van der Waals surface area contributed by atoms with Crippen LogP contribution in [0.2, 0.25) is 0 Å². The van der Waals surface area contributed by atoms with E-state index < -0.39 is 0 Å². The average molecular weight is 361 g/mol. The van der Waals surface area contributed by atoms with Crippen LogP contribution in [-0.2, 0) is 6.42 Å². The monoisotopic (exact) mass is 360 g/mol. The van der Waals surface area contributed by atoms with Crippen molar-refractivity contribution >= 4 is 28.0 Å². The fraction of sp³-hybridized carbons (Fsp3) is 0.391. The van der Waals surface area contributed by atoms with E-state index in [1.54, 1.807) is 0 Å². The number of piperidine rings is 1. The third-order valence-corrected chi connectivity index (χ3v) is 6.21. The Morgan fingerprint density at radius 3 is 2.74 bits per heavy atom. The van der Waals surface area contributed by atoms with Gasteiger partial charge in [0.25, 0.3) is 0 Å². The lowest BCUT2D eigenvalue weighted by Gasteiger charge is -2.28. The molecule has 3 heterocycles. The van der Waals surface area contributed by atoms with E-state index in [2.05, 4.69) is 70.2 Å². The standard InChI is InChI=1S/C23H28N4/c1-27-11-8-16(9-12-27)21-15-25-23-14-19(6-7-20(21)23)26-18-5-4-17-3-2-10-24-22(17)13-18/h4-7,13-16,24-26H,2-3,8-12H2,1H3. The van der Waals surface area contributed by atoms with Crippen molar-refractivity contribution in [2.45, 2.75) is 31.6 Å². The van der Waals surface area contributed by atoms with Crippen LogP contribution in [0.25, 0.3) is 10.9 Å². The summed E-state index contributed by atoms with van der Waals surface area (Å²) in [5, 5.41) is 8.46. The van der Waals surface area contributed by atoms with Crippen molar-refractivity contribution in [2.75, 3.05) is 37.3 Å². The molecule has 1 saturated heterocycles. The molecule has 1 fully saturated rings. The van der Waals surface area contributed by atoms with Crippen LogP contribution < -0.4 is 10.6 Å². The number of aromatic amines is 1. The highest BCUT2D eigenvalue weighted by molar-refractivity contribution is 5.87. The van der Waals surface area contributed by atoms with Crippen LogP contribution in [0.4, 0.5) is 17.1 Å². The van der Waals surface area contributed by atoms with E-state index in [0.29, 0.717) is 5.92 Å². The van der Waals surface area contributed by atoms with Gasteiger partial charge < -0.3 is 20.5 Å². The molecule has 2 aliphatic rings. The molecule has 0 saturated carbocycles. The maximum absolute atomic E-state index is 3.57.